The Kier molecular flexibility index (Phi) is 4.19. The number of hydrogen-bond acceptors (Lipinski definition) is 3. The molecule has 3 aromatic carbocycles. The molecule has 0 saturated carbocycles. The maximum atomic E-state index is 12.2. The summed E-state index contributed by atoms with van der Waals surface area (Å²) in [4.78, 5) is 17.5. The van der Waals surface area contributed by atoms with Gasteiger partial charge in [0.1, 0.15) is 0 Å². The highest BCUT2D eigenvalue weighted by molar-refractivity contribution is 6.07. The molecule has 0 saturated heterocycles. The summed E-state index contributed by atoms with van der Waals surface area (Å²) in [6.07, 6.45) is 2.16. The van der Waals surface area contributed by atoms with Gasteiger partial charge in [0.05, 0.1) is 13.0 Å². The second-order valence-electron chi connectivity index (χ2n) is 6.00. The summed E-state index contributed by atoms with van der Waals surface area (Å²) in [6, 6.07) is 22.0. The minimum Gasteiger partial charge on any atom is -0.361 e. The molecule has 25 heavy (non-hydrogen) atoms. The van der Waals surface area contributed by atoms with Gasteiger partial charge in [-0.15, -0.1) is 0 Å². The highest BCUT2D eigenvalue weighted by atomic mass is 16.6. The molecule has 1 amide bonds. The third-order valence-electron chi connectivity index (χ3n) is 4.27. The van der Waals surface area contributed by atoms with Crippen molar-refractivity contribution in [2.75, 3.05) is 5.32 Å². The quantitative estimate of drug-likeness (QED) is 0.688. The van der Waals surface area contributed by atoms with E-state index in [1.165, 1.54) is 0 Å². The van der Waals surface area contributed by atoms with Gasteiger partial charge in [0, 0.05) is 17.3 Å². The molecule has 0 radical (unpaired) electrons. The topological polar surface area (TPSA) is 50.4 Å². The van der Waals surface area contributed by atoms with Crippen molar-refractivity contribution < 1.29 is 9.63 Å². The predicted molar refractivity (Wildman–Crippen MR) is 99.5 cm³/mol. The van der Waals surface area contributed by atoms with E-state index in [0.717, 1.165) is 33.2 Å². The van der Waals surface area contributed by atoms with Crippen molar-refractivity contribution in [1.29, 1.82) is 0 Å². The molecule has 0 aromatic heterocycles. The number of hydroxylamine groups is 1. The van der Waals surface area contributed by atoms with Crippen LogP contribution < -0.4 is 10.8 Å². The molecule has 3 aromatic rings. The fourth-order valence-electron chi connectivity index (χ4n) is 3.10. The summed E-state index contributed by atoms with van der Waals surface area (Å²) in [6.45, 7) is 0.349. The average Bonchev–Trinajstić information content (AvgIpc) is 2.65. The highest BCUT2D eigenvalue weighted by Crippen LogP contribution is 2.36. The van der Waals surface area contributed by atoms with E-state index in [2.05, 4.69) is 29.0 Å². The summed E-state index contributed by atoms with van der Waals surface area (Å²) < 4.78 is 0. The minimum absolute atomic E-state index is 0.166. The van der Waals surface area contributed by atoms with Gasteiger partial charge in [-0.25, -0.2) is 5.48 Å². The van der Waals surface area contributed by atoms with Crippen LogP contribution in [0.1, 0.15) is 17.5 Å². The Morgan fingerprint density at radius 1 is 0.960 bits per heavy atom. The van der Waals surface area contributed by atoms with E-state index in [1.807, 2.05) is 54.7 Å². The van der Waals surface area contributed by atoms with Crippen LogP contribution in [0.3, 0.4) is 0 Å². The second-order valence-corrected chi connectivity index (χ2v) is 6.00. The normalized spacial score (nSPS) is 12.4. The smallest absolute Gasteiger partial charge is 0.248 e. The fraction of sp³-hybridized carbons (Fsp3) is 0.0952. The molecule has 0 aliphatic carbocycles. The number of anilines is 1. The molecule has 0 atom stereocenters. The molecule has 1 heterocycles. The zero-order valence-corrected chi connectivity index (χ0v) is 13.7. The van der Waals surface area contributed by atoms with Gasteiger partial charge in [-0.2, -0.15) is 0 Å². The summed E-state index contributed by atoms with van der Waals surface area (Å²) in [5.41, 5.74) is 6.65. The number of amides is 1. The zero-order chi connectivity index (χ0) is 17.1. The van der Waals surface area contributed by atoms with Crippen LogP contribution in [0.2, 0.25) is 0 Å². The lowest BCUT2D eigenvalue weighted by molar-refractivity contribution is -0.133. The minimum atomic E-state index is -0.166. The van der Waals surface area contributed by atoms with E-state index in [-0.39, 0.29) is 12.3 Å². The third kappa shape index (κ3) is 3.25. The molecule has 4 heteroatoms. The summed E-state index contributed by atoms with van der Waals surface area (Å²) in [5, 5.41) is 5.60. The van der Waals surface area contributed by atoms with Crippen LogP contribution in [0.5, 0.6) is 0 Å². The van der Waals surface area contributed by atoms with Crippen molar-refractivity contribution in [3.63, 3.8) is 0 Å². The van der Waals surface area contributed by atoms with Crippen LogP contribution in [-0.2, 0) is 16.2 Å². The van der Waals surface area contributed by atoms with Crippen molar-refractivity contribution >= 4 is 27.9 Å². The van der Waals surface area contributed by atoms with Crippen LogP contribution in [0.4, 0.5) is 5.69 Å². The standard InChI is InChI=1S/C21H18N2O2/c24-20(23-25-14-15-6-2-1-3-7-15)12-17-13-22-19-11-5-9-16-8-4-10-18(17)21(16)19/h1-11,13,22H,12,14H2,(H,23,24). The van der Waals surface area contributed by atoms with E-state index in [1.54, 1.807) is 0 Å². The number of carbonyl (C=O) groups is 1. The van der Waals surface area contributed by atoms with E-state index in [4.69, 9.17) is 4.84 Å². The van der Waals surface area contributed by atoms with Gasteiger partial charge < -0.3 is 5.32 Å². The lowest BCUT2D eigenvalue weighted by atomic mass is 9.93. The maximum Gasteiger partial charge on any atom is 0.248 e. The van der Waals surface area contributed by atoms with Gasteiger partial charge in [0.25, 0.3) is 0 Å². The van der Waals surface area contributed by atoms with Crippen LogP contribution in [0.25, 0.3) is 16.3 Å². The average molecular weight is 330 g/mol. The van der Waals surface area contributed by atoms with Gasteiger partial charge in [0.15, 0.2) is 0 Å². The Morgan fingerprint density at radius 3 is 2.60 bits per heavy atom. The van der Waals surface area contributed by atoms with Gasteiger partial charge in [-0.3, -0.25) is 9.63 Å². The molecule has 0 bridgehead atoms. The zero-order valence-electron chi connectivity index (χ0n) is 13.7. The van der Waals surface area contributed by atoms with Gasteiger partial charge in [-0.05, 0) is 28.2 Å². The van der Waals surface area contributed by atoms with Crippen LogP contribution in [0, 0.1) is 0 Å². The third-order valence-corrected chi connectivity index (χ3v) is 4.27. The van der Waals surface area contributed by atoms with Gasteiger partial charge in [-0.1, -0.05) is 60.7 Å². The Hall–Kier alpha value is -3.11. The Morgan fingerprint density at radius 2 is 1.76 bits per heavy atom. The van der Waals surface area contributed by atoms with E-state index in [9.17, 15) is 4.79 Å². The first kappa shape index (κ1) is 15.4. The van der Waals surface area contributed by atoms with Crippen LogP contribution in [0.15, 0.2) is 72.9 Å². The first-order chi connectivity index (χ1) is 12.3. The Labute approximate surface area is 146 Å². The molecule has 4 nitrogen and oxygen atoms in total. The first-order valence-electron chi connectivity index (χ1n) is 8.23. The predicted octanol–water partition coefficient (Wildman–Crippen LogP) is 4.24. The van der Waals surface area contributed by atoms with E-state index in [0.29, 0.717) is 6.61 Å². The number of nitrogens with one attached hydrogen (secondary N) is 2. The Balaban J connectivity index is 1.43. The molecule has 2 N–H and O–H groups in total. The summed E-state index contributed by atoms with van der Waals surface area (Å²) in [5.74, 6) is -0.166. The van der Waals surface area contributed by atoms with Crippen molar-refractivity contribution in [1.82, 2.24) is 5.48 Å². The first-order valence-corrected chi connectivity index (χ1v) is 8.23. The molecule has 4 rings (SSSR count). The molecular weight excluding hydrogens is 312 g/mol. The van der Waals surface area contributed by atoms with Gasteiger partial charge in [0.2, 0.25) is 5.91 Å². The largest absolute Gasteiger partial charge is 0.361 e. The SMILES string of the molecule is O=C(CC1=CNc2cccc3cccc1c23)NOCc1ccccc1. The number of benzene rings is 3. The molecule has 1 aliphatic rings. The Bertz CT molecular complexity index is 943. The monoisotopic (exact) mass is 330 g/mol. The highest BCUT2D eigenvalue weighted by Gasteiger charge is 2.16. The number of carbonyl (C=O) groups excluding carboxylic acids is 1. The van der Waals surface area contributed by atoms with E-state index >= 15 is 0 Å². The van der Waals surface area contributed by atoms with Crippen molar-refractivity contribution in [2.24, 2.45) is 0 Å². The lowest BCUT2D eigenvalue weighted by Gasteiger charge is -2.19. The maximum absolute atomic E-state index is 12.2. The van der Waals surface area contributed by atoms with Crippen molar-refractivity contribution in [3.05, 3.63) is 84.1 Å². The molecule has 0 fully saturated rings. The van der Waals surface area contributed by atoms with Crippen molar-refractivity contribution in [2.45, 2.75) is 13.0 Å². The van der Waals surface area contributed by atoms with Crippen molar-refractivity contribution in [3.8, 4) is 0 Å². The molecule has 1 aliphatic heterocycles. The van der Waals surface area contributed by atoms with Gasteiger partial charge >= 0.3 is 0 Å². The number of rotatable bonds is 5. The second kappa shape index (κ2) is 6.79. The fourth-order valence-corrected chi connectivity index (χ4v) is 3.10. The molecular formula is C21H18N2O2. The summed E-state index contributed by atoms with van der Waals surface area (Å²) >= 11 is 0. The summed E-state index contributed by atoms with van der Waals surface area (Å²) in [7, 11) is 0. The van der Waals surface area contributed by atoms with E-state index < -0.39 is 0 Å². The molecule has 0 unspecified atom stereocenters. The lowest BCUT2D eigenvalue weighted by Crippen LogP contribution is -2.24. The number of hydrogen-bond donors (Lipinski definition) is 2. The molecule has 124 valence electrons. The van der Waals surface area contributed by atoms with Crippen LogP contribution in [-0.4, -0.2) is 5.91 Å². The van der Waals surface area contributed by atoms with Crippen LogP contribution >= 0.6 is 0 Å². The molecule has 0 spiro atoms.